The third-order valence-electron chi connectivity index (χ3n) is 6.41. The number of anilines is 1. The lowest BCUT2D eigenvalue weighted by Crippen LogP contribution is -2.53. The van der Waals surface area contributed by atoms with Gasteiger partial charge in [0.25, 0.3) is 0 Å². The Balaban J connectivity index is 1.53. The highest BCUT2D eigenvalue weighted by Gasteiger charge is 2.36. The van der Waals surface area contributed by atoms with Crippen molar-refractivity contribution in [3.8, 4) is 11.1 Å². The number of rotatable bonds is 4. The molecule has 3 aromatic heterocycles. The Bertz CT molecular complexity index is 1300. The molecule has 1 aliphatic rings. The minimum atomic E-state index is -1.21. The van der Waals surface area contributed by atoms with Gasteiger partial charge in [-0.25, -0.2) is 4.98 Å². The molecule has 0 saturated carbocycles. The van der Waals surface area contributed by atoms with Crippen molar-refractivity contribution in [2.24, 2.45) is 0 Å². The first-order valence-corrected chi connectivity index (χ1v) is 11.4. The molecule has 4 N–H and O–H groups in total. The lowest BCUT2D eigenvalue weighted by Gasteiger charge is -2.37. The van der Waals surface area contributed by atoms with E-state index in [-0.39, 0.29) is 12.0 Å². The Morgan fingerprint density at radius 1 is 1.28 bits per heavy atom. The summed E-state index contributed by atoms with van der Waals surface area (Å²) in [5.74, 6) is -0.561. The minimum Gasteiger partial charge on any atom is -0.383 e. The quantitative estimate of drug-likeness (QED) is 0.371. The Labute approximate surface area is 193 Å². The normalized spacial score (nSPS) is 21.1. The van der Waals surface area contributed by atoms with Gasteiger partial charge in [-0.2, -0.15) is 9.61 Å². The van der Waals surface area contributed by atoms with Crippen LogP contribution in [0.1, 0.15) is 31.4 Å². The Morgan fingerprint density at radius 3 is 2.84 bits per heavy atom. The molecular formula is C23H25BrN6O2. The largest absolute Gasteiger partial charge is 0.383 e. The second-order valence-corrected chi connectivity index (χ2v) is 9.19. The molecule has 8 nitrogen and oxygen atoms in total. The first-order valence-electron chi connectivity index (χ1n) is 10.6. The lowest BCUT2D eigenvalue weighted by molar-refractivity contribution is -0.195. The maximum atomic E-state index is 10.4. The second kappa shape index (κ2) is 8.08. The number of hydrogen-bond acceptors (Lipinski definition) is 7. The summed E-state index contributed by atoms with van der Waals surface area (Å²) < 4.78 is 7.64. The van der Waals surface area contributed by atoms with Crippen LogP contribution < -0.4 is 11.1 Å². The predicted molar refractivity (Wildman–Crippen MR) is 127 cm³/mol. The van der Waals surface area contributed by atoms with E-state index in [9.17, 15) is 5.11 Å². The summed E-state index contributed by atoms with van der Waals surface area (Å²) >= 11 is 3.64. The van der Waals surface area contributed by atoms with Crippen LogP contribution in [-0.4, -0.2) is 50.2 Å². The molecule has 4 heterocycles. The van der Waals surface area contributed by atoms with E-state index in [1.54, 1.807) is 17.6 Å². The zero-order valence-electron chi connectivity index (χ0n) is 17.9. The number of pyridine rings is 1. The van der Waals surface area contributed by atoms with Crippen LogP contribution in [-0.2, 0) is 4.74 Å². The van der Waals surface area contributed by atoms with Crippen LogP contribution in [0.5, 0.6) is 0 Å². The first-order chi connectivity index (χ1) is 15.4. The topological polar surface area (TPSA) is 111 Å². The van der Waals surface area contributed by atoms with Crippen LogP contribution in [0.4, 0.5) is 5.82 Å². The van der Waals surface area contributed by atoms with Gasteiger partial charge >= 0.3 is 0 Å². The van der Waals surface area contributed by atoms with Gasteiger partial charge in [0.1, 0.15) is 5.82 Å². The number of aliphatic hydroxyl groups is 1. The van der Waals surface area contributed by atoms with Crippen molar-refractivity contribution >= 4 is 38.3 Å². The standard InChI is InChI=1S/C23H25BrN6O2/c1-23(31,32-2)18-8-7-14(10-27-18)20-19(24)21(25)30-22(29-20)16(12-28-30)15-9-13-5-3-4-6-17(13)26-11-15/h3-6,9,11-12,14,18,27,31H,7-8,10,25H2,1-2H3. The number of nitrogens with two attached hydrogens (primary N) is 1. The van der Waals surface area contributed by atoms with E-state index in [4.69, 9.17) is 15.5 Å². The lowest BCUT2D eigenvalue weighted by atomic mass is 9.88. The van der Waals surface area contributed by atoms with Crippen molar-refractivity contribution in [1.29, 1.82) is 0 Å². The number of fused-ring (bicyclic) bond motifs is 2. The number of para-hydroxylation sites is 1. The van der Waals surface area contributed by atoms with Gasteiger partial charge in [0.2, 0.25) is 0 Å². The van der Waals surface area contributed by atoms with Crippen molar-refractivity contribution in [3.63, 3.8) is 0 Å². The van der Waals surface area contributed by atoms with Crippen molar-refractivity contribution in [3.05, 3.63) is 52.9 Å². The SMILES string of the molecule is COC(C)(O)C1CCC(c2nc3c(-c4cnc5ccccc5c4)cnn3c(N)c2Br)CN1. The number of hydrogen-bond donors (Lipinski definition) is 3. The molecule has 0 aliphatic carbocycles. The molecule has 9 heteroatoms. The summed E-state index contributed by atoms with van der Waals surface area (Å²) in [6.45, 7) is 2.34. The Kier molecular flexibility index (Phi) is 5.37. The number of ether oxygens (including phenoxy) is 1. The van der Waals surface area contributed by atoms with Crippen LogP contribution in [0.15, 0.2) is 47.2 Å². The van der Waals surface area contributed by atoms with Crippen molar-refractivity contribution in [2.45, 2.75) is 37.5 Å². The molecule has 0 bridgehead atoms. The smallest absolute Gasteiger partial charge is 0.177 e. The molecular weight excluding hydrogens is 472 g/mol. The van der Waals surface area contributed by atoms with Gasteiger partial charge in [0, 0.05) is 42.3 Å². The molecule has 0 radical (unpaired) electrons. The van der Waals surface area contributed by atoms with Gasteiger partial charge < -0.3 is 20.9 Å². The van der Waals surface area contributed by atoms with E-state index in [1.165, 1.54) is 7.11 Å². The number of nitrogen functional groups attached to an aromatic ring is 1. The Hall–Kier alpha value is -2.59. The first kappa shape index (κ1) is 21.3. The molecule has 5 rings (SSSR count). The molecule has 0 spiro atoms. The van der Waals surface area contributed by atoms with Crippen LogP contribution in [0.25, 0.3) is 27.7 Å². The fourth-order valence-electron chi connectivity index (χ4n) is 4.40. The van der Waals surface area contributed by atoms with Crippen LogP contribution >= 0.6 is 15.9 Å². The average molecular weight is 497 g/mol. The molecule has 4 aromatic rings. The average Bonchev–Trinajstić information content (AvgIpc) is 3.25. The highest BCUT2D eigenvalue weighted by molar-refractivity contribution is 9.10. The molecule has 3 atom stereocenters. The summed E-state index contributed by atoms with van der Waals surface area (Å²) in [6, 6.07) is 9.96. The summed E-state index contributed by atoms with van der Waals surface area (Å²) in [4.78, 5) is 9.58. The fraction of sp³-hybridized carbons (Fsp3) is 0.348. The maximum absolute atomic E-state index is 10.4. The van der Waals surface area contributed by atoms with E-state index < -0.39 is 5.79 Å². The summed E-state index contributed by atoms with van der Waals surface area (Å²) in [7, 11) is 1.52. The maximum Gasteiger partial charge on any atom is 0.177 e. The third kappa shape index (κ3) is 3.55. The van der Waals surface area contributed by atoms with E-state index in [0.717, 1.165) is 45.0 Å². The monoisotopic (exact) mass is 496 g/mol. The molecule has 1 fully saturated rings. The van der Waals surface area contributed by atoms with Gasteiger partial charge in [-0.1, -0.05) is 18.2 Å². The van der Waals surface area contributed by atoms with Gasteiger partial charge in [-0.3, -0.25) is 4.98 Å². The highest BCUT2D eigenvalue weighted by atomic mass is 79.9. The Morgan fingerprint density at radius 2 is 2.09 bits per heavy atom. The zero-order chi connectivity index (χ0) is 22.5. The summed E-state index contributed by atoms with van der Waals surface area (Å²) in [5.41, 5.74) is 10.8. The summed E-state index contributed by atoms with van der Waals surface area (Å²) in [5, 5.41) is 19.4. The van der Waals surface area contributed by atoms with Crippen LogP contribution in [0.3, 0.4) is 0 Å². The van der Waals surface area contributed by atoms with E-state index >= 15 is 0 Å². The molecule has 1 saturated heterocycles. The minimum absolute atomic E-state index is 0.137. The molecule has 1 aromatic carbocycles. The fourth-order valence-corrected chi connectivity index (χ4v) is 4.98. The third-order valence-corrected chi connectivity index (χ3v) is 7.22. The van der Waals surface area contributed by atoms with E-state index in [1.807, 2.05) is 30.5 Å². The second-order valence-electron chi connectivity index (χ2n) is 8.40. The van der Waals surface area contributed by atoms with E-state index in [0.29, 0.717) is 18.0 Å². The molecule has 32 heavy (non-hydrogen) atoms. The van der Waals surface area contributed by atoms with Crippen LogP contribution in [0, 0.1) is 0 Å². The highest BCUT2D eigenvalue weighted by Crippen LogP contribution is 2.37. The summed E-state index contributed by atoms with van der Waals surface area (Å²) in [6.07, 6.45) is 5.23. The zero-order valence-corrected chi connectivity index (χ0v) is 19.5. The molecule has 1 aliphatic heterocycles. The number of aromatic nitrogens is 4. The van der Waals surface area contributed by atoms with E-state index in [2.05, 4.69) is 37.4 Å². The molecule has 0 amide bonds. The van der Waals surface area contributed by atoms with Crippen molar-refractivity contribution < 1.29 is 9.84 Å². The predicted octanol–water partition coefficient (Wildman–Crippen LogP) is 3.48. The molecule has 3 unspecified atom stereocenters. The van der Waals surface area contributed by atoms with Gasteiger partial charge in [-0.05, 0) is 47.8 Å². The number of halogens is 1. The van der Waals surface area contributed by atoms with Gasteiger partial charge in [0.05, 0.1) is 27.9 Å². The number of methoxy groups -OCH3 is 1. The van der Waals surface area contributed by atoms with Gasteiger partial charge in [0.15, 0.2) is 11.4 Å². The van der Waals surface area contributed by atoms with Crippen molar-refractivity contribution in [1.82, 2.24) is 24.9 Å². The van der Waals surface area contributed by atoms with Crippen molar-refractivity contribution in [2.75, 3.05) is 19.4 Å². The van der Waals surface area contributed by atoms with Gasteiger partial charge in [-0.15, -0.1) is 0 Å². The number of nitrogens with zero attached hydrogens (tertiary/aromatic N) is 4. The number of benzene rings is 1. The molecule has 166 valence electrons. The number of nitrogens with one attached hydrogen (secondary N) is 1. The number of piperidine rings is 1. The van der Waals surface area contributed by atoms with Crippen LogP contribution in [0.2, 0.25) is 0 Å².